The largest absolute Gasteiger partial charge is 0.440 e. The van der Waals surface area contributed by atoms with Crippen LogP contribution in [0.1, 0.15) is 22.6 Å². The highest BCUT2D eigenvalue weighted by molar-refractivity contribution is 5.59. The number of nitriles is 1. The molecule has 0 fully saturated rings. The summed E-state index contributed by atoms with van der Waals surface area (Å²) < 4.78 is 5.55. The topological polar surface area (TPSA) is 85.1 Å². The summed E-state index contributed by atoms with van der Waals surface area (Å²) in [6.45, 7) is 2.02. The van der Waals surface area contributed by atoms with Crippen molar-refractivity contribution in [2.75, 3.05) is 5.73 Å². The molecule has 1 heterocycles. The average Bonchev–Trinajstić information content (AvgIpc) is 2.45. The molecule has 0 spiro atoms. The van der Waals surface area contributed by atoms with Gasteiger partial charge < -0.3 is 16.2 Å². The maximum atomic E-state index is 9.45. The molecular formula is C17H15N3O. The maximum absolute atomic E-state index is 9.45. The molecule has 1 aliphatic rings. The van der Waals surface area contributed by atoms with Crippen molar-refractivity contribution in [2.24, 2.45) is 5.73 Å². The fourth-order valence-corrected chi connectivity index (χ4v) is 2.66. The summed E-state index contributed by atoms with van der Waals surface area (Å²) >= 11 is 0. The van der Waals surface area contributed by atoms with Crippen LogP contribution in [0.5, 0.6) is 5.75 Å². The third-order valence-corrected chi connectivity index (χ3v) is 3.62. The van der Waals surface area contributed by atoms with E-state index in [1.165, 1.54) is 0 Å². The SMILES string of the molecule is Cc1cccc([C@H]2C(C#N)=C(N)Oc3cc(N)ccc32)c1. The summed E-state index contributed by atoms with van der Waals surface area (Å²) in [7, 11) is 0. The summed E-state index contributed by atoms with van der Waals surface area (Å²) in [4.78, 5) is 0. The first kappa shape index (κ1) is 13.1. The lowest BCUT2D eigenvalue weighted by Crippen LogP contribution is -2.21. The van der Waals surface area contributed by atoms with E-state index in [-0.39, 0.29) is 11.8 Å². The molecule has 2 aromatic carbocycles. The van der Waals surface area contributed by atoms with Crippen LogP contribution in [0.15, 0.2) is 53.9 Å². The van der Waals surface area contributed by atoms with Crippen LogP contribution in [0.4, 0.5) is 5.69 Å². The first-order valence-corrected chi connectivity index (χ1v) is 6.63. The van der Waals surface area contributed by atoms with Crippen molar-refractivity contribution in [1.29, 1.82) is 5.26 Å². The van der Waals surface area contributed by atoms with Gasteiger partial charge in [-0.25, -0.2) is 0 Å². The van der Waals surface area contributed by atoms with Crippen LogP contribution >= 0.6 is 0 Å². The zero-order valence-electron chi connectivity index (χ0n) is 11.6. The first-order valence-electron chi connectivity index (χ1n) is 6.63. The van der Waals surface area contributed by atoms with Crippen molar-refractivity contribution in [1.82, 2.24) is 0 Å². The van der Waals surface area contributed by atoms with Crippen LogP contribution in [0.2, 0.25) is 0 Å². The number of aryl methyl sites for hydroxylation is 1. The highest BCUT2D eigenvalue weighted by Crippen LogP contribution is 2.42. The molecular weight excluding hydrogens is 262 g/mol. The van der Waals surface area contributed by atoms with Gasteiger partial charge in [0.2, 0.25) is 5.88 Å². The molecule has 0 bridgehead atoms. The molecule has 1 aliphatic heterocycles. The summed E-state index contributed by atoms with van der Waals surface area (Å²) in [5.74, 6) is 0.527. The van der Waals surface area contributed by atoms with E-state index >= 15 is 0 Å². The minimum absolute atomic E-state index is 0.141. The Morgan fingerprint density at radius 3 is 2.67 bits per heavy atom. The molecule has 0 aliphatic carbocycles. The van der Waals surface area contributed by atoms with Gasteiger partial charge in [0.15, 0.2) is 0 Å². The molecule has 0 aromatic heterocycles. The van der Waals surface area contributed by atoms with Crippen LogP contribution in [-0.2, 0) is 0 Å². The number of rotatable bonds is 1. The molecule has 2 aromatic rings. The van der Waals surface area contributed by atoms with E-state index in [4.69, 9.17) is 16.2 Å². The van der Waals surface area contributed by atoms with E-state index in [2.05, 4.69) is 12.1 Å². The molecule has 104 valence electrons. The average molecular weight is 277 g/mol. The second-order valence-corrected chi connectivity index (χ2v) is 5.14. The molecule has 3 rings (SSSR count). The molecule has 0 amide bonds. The second kappa shape index (κ2) is 4.88. The molecule has 4 nitrogen and oxygen atoms in total. The fourth-order valence-electron chi connectivity index (χ4n) is 2.66. The Balaban J connectivity index is 2.24. The lowest BCUT2D eigenvalue weighted by atomic mass is 9.83. The van der Waals surface area contributed by atoms with Crippen molar-refractivity contribution < 1.29 is 4.74 Å². The van der Waals surface area contributed by atoms with Gasteiger partial charge in [-0.15, -0.1) is 0 Å². The van der Waals surface area contributed by atoms with E-state index in [9.17, 15) is 5.26 Å². The van der Waals surface area contributed by atoms with Crippen LogP contribution in [0.3, 0.4) is 0 Å². The summed E-state index contributed by atoms with van der Waals surface area (Å²) in [5.41, 5.74) is 15.8. The summed E-state index contributed by atoms with van der Waals surface area (Å²) in [6.07, 6.45) is 0. The molecule has 4 heteroatoms. The Bertz CT molecular complexity index is 787. The smallest absolute Gasteiger partial charge is 0.205 e. The Hall–Kier alpha value is -2.93. The molecule has 0 unspecified atom stereocenters. The number of hydrogen-bond acceptors (Lipinski definition) is 4. The van der Waals surface area contributed by atoms with Crippen molar-refractivity contribution >= 4 is 5.69 Å². The Labute approximate surface area is 123 Å². The number of nitrogens with zero attached hydrogens (tertiary/aromatic N) is 1. The Morgan fingerprint density at radius 2 is 1.95 bits per heavy atom. The number of hydrogen-bond donors (Lipinski definition) is 2. The molecule has 0 saturated carbocycles. The predicted octanol–water partition coefficient (Wildman–Crippen LogP) is 2.80. The van der Waals surface area contributed by atoms with Gasteiger partial charge in [0.05, 0.1) is 5.92 Å². The normalized spacial score (nSPS) is 16.9. The Morgan fingerprint density at radius 1 is 1.14 bits per heavy atom. The maximum Gasteiger partial charge on any atom is 0.205 e. The number of benzene rings is 2. The first-order chi connectivity index (χ1) is 10.1. The monoisotopic (exact) mass is 277 g/mol. The highest BCUT2D eigenvalue weighted by atomic mass is 16.5. The molecule has 4 N–H and O–H groups in total. The van der Waals surface area contributed by atoms with E-state index in [1.54, 1.807) is 6.07 Å². The number of ether oxygens (including phenoxy) is 1. The number of nitrogen functional groups attached to an aromatic ring is 1. The van der Waals surface area contributed by atoms with Gasteiger partial charge in [-0.3, -0.25) is 0 Å². The van der Waals surface area contributed by atoms with Crippen LogP contribution in [0.25, 0.3) is 0 Å². The van der Waals surface area contributed by atoms with Crippen molar-refractivity contribution in [3.8, 4) is 11.8 Å². The predicted molar refractivity (Wildman–Crippen MR) is 81.3 cm³/mol. The quantitative estimate of drug-likeness (QED) is 0.785. The van der Waals surface area contributed by atoms with Gasteiger partial charge in [-0.1, -0.05) is 35.9 Å². The number of allylic oxidation sites excluding steroid dienone is 1. The lowest BCUT2D eigenvalue weighted by Gasteiger charge is -2.26. The second-order valence-electron chi connectivity index (χ2n) is 5.14. The minimum Gasteiger partial charge on any atom is -0.440 e. The van der Waals surface area contributed by atoms with E-state index in [0.29, 0.717) is 17.0 Å². The third kappa shape index (κ3) is 2.19. The van der Waals surface area contributed by atoms with Crippen LogP contribution in [-0.4, -0.2) is 0 Å². The number of fused-ring (bicyclic) bond motifs is 1. The van der Waals surface area contributed by atoms with Crippen LogP contribution in [0, 0.1) is 18.3 Å². The molecule has 1 atom stereocenters. The van der Waals surface area contributed by atoms with Crippen molar-refractivity contribution in [2.45, 2.75) is 12.8 Å². The van der Waals surface area contributed by atoms with Gasteiger partial charge in [0.1, 0.15) is 17.4 Å². The molecule has 0 radical (unpaired) electrons. The lowest BCUT2D eigenvalue weighted by molar-refractivity contribution is 0.394. The third-order valence-electron chi connectivity index (χ3n) is 3.62. The minimum atomic E-state index is -0.223. The molecule has 0 saturated heterocycles. The van der Waals surface area contributed by atoms with Gasteiger partial charge in [0, 0.05) is 17.3 Å². The summed E-state index contributed by atoms with van der Waals surface area (Å²) in [5, 5.41) is 9.45. The fraction of sp³-hybridized carbons (Fsp3) is 0.118. The van der Waals surface area contributed by atoms with Gasteiger partial charge in [-0.05, 0) is 18.6 Å². The van der Waals surface area contributed by atoms with E-state index in [0.717, 1.165) is 16.7 Å². The van der Waals surface area contributed by atoms with Gasteiger partial charge in [-0.2, -0.15) is 5.26 Å². The van der Waals surface area contributed by atoms with Gasteiger partial charge in [0.25, 0.3) is 0 Å². The standard InChI is InChI=1S/C17H15N3O/c1-10-3-2-4-11(7-10)16-13-6-5-12(19)8-15(13)21-17(20)14(16)9-18/h2-8,16H,19-20H2,1H3/t16-/m1/s1. The van der Waals surface area contributed by atoms with Crippen molar-refractivity contribution in [3.63, 3.8) is 0 Å². The van der Waals surface area contributed by atoms with E-state index < -0.39 is 0 Å². The van der Waals surface area contributed by atoms with Crippen molar-refractivity contribution in [3.05, 3.63) is 70.6 Å². The van der Waals surface area contributed by atoms with Crippen LogP contribution < -0.4 is 16.2 Å². The number of nitrogens with two attached hydrogens (primary N) is 2. The van der Waals surface area contributed by atoms with E-state index in [1.807, 2.05) is 37.3 Å². The number of anilines is 1. The van der Waals surface area contributed by atoms with Gasteiger partial charge >= 0.3 is 0 Å². The molecule has 21 heavy (non-hydrogen) atoms. The highest BCUT2D eigenvalue weighted by Gasteiger charge is 2.30. The zero-order valence-corrected chi connectivity index (χ0v) is 11.6. The zero-order chi connectivity index (χ0) is 15.0. The summed E-state index contributed by atoms with van der Waals surface area (Å²) in [6, 6.07) is 15.7. The Kier molecular flexibility index (Phi) is 3.03.